The van der Waals surface area contributed by atoms with Gasteiger partial charge in [0.1, 0.15) is 11.9 Å². The zero-order chi connectivity index (χ0) is 24.2. The SMILES string of the molecule is N#CCOc1c(C=Nn2c(C3CCCCC3)nc3ccc(Br)cc3c2=O)cc(Cl)cc1[N+](=O)[O-]. The molecule has 0 spiro atoms. The van der Waals surface area contributed by atoms with Crippen LogP contribution >= 0.6 is 27.5 Å². The smallest absolute Gasteiger partial charge is 0.313 e. The van der Waals surface area contributed by atoms with E-state index < -0.39 is 17.2 Å². The van der Waals surface area contributed by atoms with Crippen LogP contribution in [0.15, 0.2) is 44.7 Å². The summed E-state index contributed by atoms with van der Waals surface area (Å²) in [6.07, 6.45) is 6.28. The molecule has 1 aliphatic rings. The summed E-state index contributed by atoms with van der Waals surface area (Å²) in [4.78, 5) is 29.1. The lowest BCUT2D eigenvalue weighted by molar-refractivity contribution is -0.385. The van der Waals surface area contributed by atoms with E-state index in [0.29, 0.717) is 16.7 Å². The molecule has 0 aliphatic heterocycles. The molecule has 1 saturated carbocycles. The van der Waals surface area contributed by atoms with Crippen molar-refractivity contribution in [1.82, 2.24) is 9.66 Å². The van der Waals surface area contributed by atoms with E-state index in [0.717, 1.165) is 42.6 Å². The van der Waals surface area contributed by atoms with Crippen LogP contribution in [0.1, 0.15) is 49.4 Å². The summed E-state index contributed by atoms with van der Waals surface area (Å²) in [5.74, 6) is 0.463. The molecule has 0 amide bonds. The van der Waals surface area contributed by atoms with Crippen molar-refractivity contribution < 1.29 is 9.66 Å². The maximum Gasteiger partial charge on any atom is 0.313 e. The van der Waals surface area contributed by atoms with Crippen molar-refractivity contribution in [2.75, 3.05) is 6.61 Å². The molecule has 0 atom stereocenters. The number of nitrogens with zero attached hydrogens (tertiary/aromatic N) is 5. The van der Waals surface area contributed by atoms with Gasteiger partial charge >= 0.3 is 5.69 Å². The molecule has 11 heteroatoms. The van der Waals surface area contributed by atoms with E-state index in [2.05, 4.69) is 21.0 Å². The summed E-state index contributed by atoms with van der Waals surface area (Å²) >= 11 is 9.48. The van der Waals surface area contributed by atoms with Gasteiger partial charge in [0.05, 0.1) is 22.0 Å². The second-order valence-corrected chi connectivity index (χ2v) is 9.23. The second-order valence-electron chi connectivity index (χ2n) is 7.88. The summed E-state index contributed by atoms with van der Waals surface area (Å²) in [6.45, 7) is -0.401. The number of halogens is 2. The molecule has 1 aromatic heterocycles. The molecular weight excluding hydrogens is 526 g/mol. The molecule has 3 aromatic rings. The minimum absolute atomic E-state index is 0.0645. The van der Waals surface area contributed by atoms with Crippen molar-refractivity contribution in [3.8, 4) is 11.8 Å². The number of nitro groups is 1. The average molecular weight is 545 g/mol. The zero-order valence-corrected chi connectivity index (χ0v) is 20.3. The summed E-state index contributed by atoms with van der Waals surface area (Å²) < 4.78 is 7.31. The molecule has 1 aliphatic carbocycles. The average Bonchev–Trinajstić information content (AvgIpc) is 2.83. The summed E-state index contributed by atoms with van der Waals surface area (Å²) in [6, 6.07) is 9.67. The van der Waals surface area contributed by atoms with E-state index >= 15 is 0 Å². The number of nitro benzene ring substituents is 1. The fourth-order valence-electron chi connectivity index (χ4n) is 4.12. The van der Waals surface area contributed by atoms with Gasteiger partial charge in [-0.05, 0) is 37.1 Å². The van der Waals surface area contributed by atoms with Crippen molar-refractivity contribution in [2.24, 2.45) is 5.10 Å². The number of hydrogen-bond acceptors (Lipinski definition) is 7. The Balaban J connectivity index is 1.89. The van der Waals surface area contributed by atoms with Gasteiger partial charge in [-0.15, -0.1) is 0 Å². The van der Waals surface area contributed by atoms with Crippen LogP contribution in [-0.4, -0.2) is 27.4 Å². The highest BCUT2D eigenvalue weighted by atomic mass is 79.9. The van der Waals surface area contributed by atoms with Gasteiger partial charge in [0.2, 0.25) is 5.75 Å². The first-order valence-corrected chi connectivity index (χ1v) is 11.8. The molecule has 0 radical (unpaired) electrons. The number of benzene rings is 2. The predicted octanol–water partition coefficient (Wildman–Crippen LogP) is 5.55. The topological polar surface area (TPSA) is 123 Å². The largest absolute Gasteiger partial charge is 0.471 e. The number of fused-ring (bicyclic) bond motifs is 1. The van der Waals surface area contributed by atoms with Gasteiger partial charge in [-0.2, -0.15) is 15.0 Å². The Kier molecular flexibility index (Phi) is 7.24. The fourth-order valence-corrected chi connectivity index (χ4v) is 4.70. The highest BCUT2D eigenvalue weighted by molar-refractivity contribution is 9.10. The molecule has 1 heterocycles. The minimum atomic E-state index is -0.648. The van der Waals surface area contributed by atoms with Crippen molar-refractivity contribution >= 4 is 50.3 Å². The first-order chi connectivity index (χ1) is 16.4. The van der Waals surface area contributed by atoms with Crippen LogP contribution in [0, 0.1) is 21.4 Å². The Labute approximate surface area is 207 Å². The Morgan fingerprint density at radius 2 is 2.09 bits per heavy atom. The number of hydrogen-bond donors (Lipinski definition) is 0. The minimum Gasteiger partial charge on any atom is -0.471 e. The lowest BCUT2D eigenvalue weighted by Gasteiger charge is -2.22. The monoisotopic (exact) mass is 543 g/mol. The van der Waals surface area contributed by atoms with E-state index in [1.165, 1.54) is 17.0 Å². The highest BCUT2D eigenvalue weighted by Gasteiger charge is 2.24. The van der Waals surface area contributed by atoms with Crippen molar-refractivity contribution in [2.45, 2.75) is 38.0 Å². The third-order valence-electron chi connectivity index (χ3n) is 5.66. The van der Waals surface area contributed by atoms with Crippen LogP contribution in [0.2, 0.25) is 5.02 Å². The van der Waals surface area contributed by atoms with Gasteiger partial charge < -0.3 is 4.74 Å². The number of rotatable bonds is 6. The Bertz CT molecular complexity index is 1390. The van der Waals surface area contributed by atoms with Crippen LogP contribution in [0.25, 0.3) is 10.9 Å². The van der Waals surface area contributed by atoms with Gasteiger partial charge in [0, 0.05) is 27.0 Å². The van der Waals surface area contributed by atoms with Crippen LogP contribution in [-0.2, 0) is 0 Å². The van der Waals surface area contributed by atoms with Gasteiger partial charge in [-0.1, -0.05) is 46.8 Å². The maximum absolute atomic E-state index is 13.4. The molecule has 0 unspecified atom stereocenters. The third-order valence-corrected chi connectivity index (χ3v) is 6.37. The maximum atomic E-state index is 13.4. The number of ether oxygens (including phenoxy) is 1. The van der Waals surface area contributed by atoms with Crippen LogP contribution in [0.3, 0.4) is 0 Å². The normalized spacial score (nSPS) is 14.4. The molecular formula is C23H19BrClN5O4. The molecule has 1 fully saturated rings. The summed E-state index contributed by atoms with van der Waals surface area (Å²) in [7, 11) is 0. The molecule has 4 rings (SSSR count). The first kappa shape index (κ1) is 23.9. The molecule has 174 valence electrons. The highest BCUT2D eigenvalue weighted by Crippen LogP contribution is 2.34. The van der Waals surface area contributed by atoms with E-state index in [9.17, 15) is 14.9 Å². The first-order valence-electron chi connectivity index (χ1n) is 10.6. The Morgan fingerprint density at radius 1 is 1.32 bits per heavy atom. The third kappa shape index (κ3) is 4.95. The summed E-state index contributed by atoms with van der Waals surface area (Å²) in [5.41, 5.74) is 0.00528. The van der Waals surface area contributed by atoms with Gasteiger partial charge in [0.25, 0.3) is 5.56 Å². The lowest BCUT2D eigenvalue weighted by atomic mass is 9.88. The van der Waals surface area contributed by atoms with Crippen LogP contribution in [0.4, 0.5) is 5.69 Å². The van der Waals surface area contributed by atoms with E-state index in [4.69, 9.17) is 26.6 Å². The number of nitriles is 1. The van der Waals surface area contributed by atoms with Crippen LogP contribution in [0.5, 0.6) is 5.75 Å². The van der Waals surface area contributed by atoms with E-state index in [1.54, 1.807) is 18.2 Å². The molecule has 34 heavy (non-hydrogen) atoms. The Morgan fingerprint density at radius 3 is 2.79 bits per heavy atom. The fraction of sp³-hybridized carbons (Fsp3) is 0.304. The van der Waals surface area contributed by atoms with Gasteiger partial charge in [-0.25, -0.2) is 4.98 Å². The molecule has 0 N–H and O–H groups in total. The predicted molar refractivity (Wildman–Crippen MR) is 132 cm³/mol. The summed E-state index contributed by atoms with van der Waals surface area (Å²) in [5, 5.41) is 25.3. The van der Waals surface area contributed by atoms with Gasteiger partial charge in [-0.3, -0.25) is 14.9 Å². The molecule has 2 aromatic carbocycles. The quantitative estimate of drug-likeness (QED) is 0.228. The lowest BCUT2D eigenvalue weighted by Crippen LogP contribution is -2.25. The molecule has 9 nitrogen and oxygen atoms in total. The van der Waals surface area contributed by atoms with E-state index in [1.807, 2.05) is 6.07 Å². The van der Waals surface area contributed by atoms with Crippen molar-refractivity contribution in [1.29, 1.82) is 5.26 Å². The van der Waals surface area contributed by atoms with Crippen molar-refractivity contribution in [3.63, 3.8) is 0 Å². The molecule has 0 saturated heterocycles. The molecule has 0 bridgehead atoms. The zero-order valence-electron chi connectivity index (χ0n) is 17.9. The van der Waals surface area contributed by atoms with Crippen LogP contribution < -0.4 is 10.3 Å². The number of aromatic nitrogens is 2. The van der Waals surface area contributed by atoms with Gasteiger partial charge in [0.15, 0.2) is 6.61 Å². The van der Waals surface area contributed by atoms with Crippen molar-refractivity contribution in [3.05, 3.63) is 71.7 Å². The standard InChI is InChI=1S/C23H19BrClN5O4/c24-16-6-7-19-18(11-16)23(31)29(22(28-19)14-4-2-1-3-5-14)27-13-15-10-17(25)12-20(30(32)33)21(15)34-9-8-26/h6-7,10-14H,1-5,9H2. The Hall–Kier alpha value is -3.29. The second kappa shape index (κ2) is 10.3. The van der Waals surface area contributed by atoms with E-state index in [-0.39, 0.29) is 27.8 Å².